The number of hydrogen-bond acceptors (Lipinski definition) is 4. The first-order valence-corrected chi connectivity index (χ1v) is 7.46. The fourth-order valence-electron chi connectivity index (χ4n) is 2.86. The Morgan fingerprint density at radius 2 is 2.29 bits per heavy atom. The number of nitrogens with one attached hydrogen (secondary N) is 1. The Kier molecular flexibility index (Phi) is 5.59. The number of hydrogen-bond donors (Lipinski definition) is 2. The third kappa shape index (κ3) is 3.74. The van der Waals surface area contributed by atoms with Gasteiger partial charge in [0.2, 0.25) is 5.91 Å². The van der Waals surface area contributed by atoms with E-state index in [1.807, 2.05) is 25.1 Å². The second-order valence-corrected chi connectivity index (χ2v) is 5.41. The number of aryl methyl sites for hydroxylation is 1. The maximum Gasteiger partial charge on any atom is 0.241 e. The molecule has 5 nitrogen and oxygen atoms in total. The van der Waals surface area contributed by atoms with Crippen LogP contribution in [0.25, 0.3) is 0 Å². The van der Waals surface area contributed by atoms with Crippen molar-refractivity contribution >= 4 is 11.6 Å². The number of aliphatic hydroxyl groups excluding tert-OH is 1. The van der Waals surface area contributed by atoms with E-state index in [2.05, 4.69) is 10.2 Å². The molecule has 5 heteroatoms. The molecular formula is C16H24N2O3. The van der Waals surface area contributed by atoms with Crippen LogP contribution < -0.4 is 10.1 Å². The predicted molar refractivity (Wildman–Crippen MR) is 82.7 cm³/mol. The average Bonchev–Trinajstić information content (AvgIpc) is 2.50. The smallest absolute Gasteiger partial charge is 0.241 e. The molecule has 1 aliphatic heterocycles. The van der Waals surface area contributed by atoms with Gasteiger partial charge in [-0.3, -0.25) is 9.69 Å². The number of methoxy groups -OCH3 is 1. The van der Waals surface area contributed by atoms with Crippen molar-refractivity contribution in [3.8, 4) is 5.75 Å². The van der Waals surface area contributed by atoms with Gasteiger partial charge in [0.25, 0.3) is 0 Å². The first-order chi connectivity index (χ1) is 10.2. The largest absolute Gasteiger partial charge is 0.495 e. The van der Waals surface area contributed by atoms with Crippen LogP contribution >= 0.6 is 0 Å². The highest BCUT2D eigenvalue weighted by Gasteiger charge is 2.28. The van der Waals surface area contributed by atoms with Gasteiger partial charge < -0.3 is 15.2 Å². The molecule has 2 rings (SSSR count). The van der Waals surface area contributed by atoms with Crippen LogP contribution in [0.2, 0.25) is 0 Å². The monoisotopic (exact) mass is 292 g/mol. The molecule has 1 heterocycles. The van der Waals surface area contributed by atoms with E-state index in [9.17, 15) is 4.79 Å². The van der Waals surface area contributed by atoms with Gasteiger partial charge in [0.1, 0.15) is 5.75 Å². The summed E-state index contributed by atoms with van der Waals surface area (Å²) in [5.74, 6) is 0.656. The summed E-state index contributed by atoms with van der Waals surface area (Å²) in [7, 11) is 1.60. The lowest BCUT2D eigenvalue weighted by Gasteiger charge is -2.34. The molecule has 0 saturated carbocycles. The molecule has 0 spiro atoms. The van der Waals surface area contributed by atoms with Crippen LogP contribution in [0.4, 0.5) is 5.69 Å². The number of aliphatic hydroxyl groups is 1. The van der Waals surface area contributed by atoms with Crippen molar-refractivity contribution in [1.82, 2.24) is 4.90 Å². The molecule has 1 aromatic rings. The lowest BCUT2D eigenvalue weighted by Crippen LogP contribution is -2.48. The number of carbonyl (C=O) groups is 1. The minimum atomic E-state index is -0.171. The number of piperidine rings is 1. The molecule has 1 saturated heterocycles. The van der Waals surface area contributed by atoms with Crippen molar-refractivity contribution in [1.29, 1.82) is 0 Å². The maximum atomic E-state index is 12.6. The molecule has 1 amide bonds. The number of anilines is 1. The Bertz CT molecular complexity index is 488. The summed E-state index contributed by atoms with van der Waals surface area (Å²) in [5, 5.41) is 12.1. The normalized spacial score (nSPS) is 19.3. The number of para-hydroxylation sites is 1. The summed E-state index contributed by atoms with van der Waals surface area (Å²) >= 11 is 0. The van der Waals surface area contributed by atoms with E-state index >= 15 is 0 Å². The second-order valence-electron chi connectivity index (χ2n) is 5.41. The van der Waals surface area contributed by atoms with Crippen LogP contribution in [0.1, 0.15) is 24.8 Å². The number of nitrogens with zero attached hydrogens (tertiary/aromatic N) is 1. The van der Waals surface area contributed by atoms with Crippen LogP contribution in [0.3, 0.4) is 0 Å². The molecule has 1 aromatic carbocycles. The third-order valence-electron chi connectivity index (χ3n) is 4.01. The van der Waals surface area contributed by atoms with Gasteiger partial charge >= 0.3 is 0 Å². The molecule has 1 aliphatic rings. The Morgan fingerprint density at radius 3 is 3.00 bits per heavy atom. The van der Waals surface area contributed by atoms with Crippen molar-refractivity contribution in [3.05, 3.63) is 23.8 Å². The van der Waals surface area contributed by atoms with Gasteiger partial charge in [-0.25, -0.2) is 0 Å². The van der Waals surface area contributed by atoms with Crippen molar-refractivity contribution in [2.75, 3.05) is 32.1 Å². The number of amides is 1. The fraction of sp³-hybridized carbons (Fsp3) is 0.562. The number of benzene rings is 1. The van der Waals surface area contributed by atoms with Crippen molar-refractivity contribution < 1.29 is 14.6 Å². The van der Waals surface area contributed by atoms with E-state index in [1.165, 1.54) is 0 Å². The molecule has 0 bridgehead atoms. The zero-order valence-corrected chi connectivity index (χ0v) is 12.8. The van der Waals surface area contributed by atoms with Gasteiger partial charge in [-0.05, 0) is 37.9 Å². The number of carbonyl (C=O) groups excluding carboxylic acids is 1. The molecule has 2 N–H and O–H groups in total. The minimum absolute atomic E-state index is 0.0178. The van der Waals surface area contributed by atoms with Crippen molar-refractivity contribution in [2.24, 2.45) is 0 Å². The zero-order chi connectivity index (χ0) is 15.2. The molecule has 21 heavy (non-hydrogen) atoms. The molecule has 116 valence electrons. The zero-order valence-electron chi connectivity index (χ0n) is 12.8. The molecule has 0 radical (unpaired) electrons. The first-order valence-electron chi connectivity index (χ1n) is 7.46. The van der Waals surface area contributed by atoms with E-state index in [-0.39, 0.29) is 18.6 Å². The van der Waals surface area contributed by atoms with E-state index in [4.69, 9.17) is 9.84 Å². The average molecular weight is 292 g/mol. The summed E-state index contributed by atoms with van der Waals surface area (Å²) in [5.41, 5.74) is 1.71. The molecule has 1 fully saturated rings. The van der Waals surface area contributed by atoms with E-state index in [1.54, 1.807) is 7.11 Å². The highest BCUT2D eigenvalue weighted by atomic mass is 16.5. The van der Waals surface area contributed by atoms with Crippen molar-refractivity contribution in [3.63, 3.8) is 0 Å². The van der Waals surface area contributed by atoms with Crippen LogP contribution in [0.15, 0.2) is 18.2 Å². The number of ether oxygens (including phenoxy) is 1. The van der Waals surface area contributed by atoms with Gasteiger partial charge in [0.15, 0.2) is 0 Å². The van der Waals surface area contributed by atoms with Gasteiger partial charge in [-0.2, -0.15) is 0 Å². The van der Waals surface area contributed by atoms with Crippen LogP contribution in [0, 0.1) is 6.92 Å². The molecular weight excluding hydrogens is 268 g/mol. The third-order valence-corrected chi connectivity index (χ3v) is 4.01. The Hall–Kier alpha value is -1.59. The van der Waals surface area contributed by atoms with Crippen LogP contribution in [0.5, 0.6) is 5.75 Å². The van der Waals surface area contributed by atoms with Gasteiger partial charge in [0, 0.05) is 6.54 Å². The van der Waals surface area contributed by atoms with Crippen LogP contribution in [-0.2, 0) is 4.79 Å². The Morgan fingerprint density at radius 1 is 1.48 bits per heavy atom. The summed E-state index contributed by atoms with van der Waals surface area (Å²) in [4.78, 5) is 14.6. The van der Waals surface area contributed by atoms with Gasteiger partial charge in [-0.1, -0.05) is 18.6 Å². The van der Waals surface area contributed by atoms with E-state index in [0.29, 0.717) is 12.3 Å². The molecule has 1 unspecified atom stereocenters. The molecule has 0 aliphatic carbocycles. The highest BCUT2D eigenvalue weighted by Crippen LogP contribution is 2.28. The first kappa shape index (κ1) is 15.8. The van der Waals surface area contributed by atoms with Crippen molar-refractivity contribution in [2.45, 2.75) is 32.2 Å². The lowest BCUT2D eigenvalue weighted by molar-refractivity contribution is -0.122. The topological polar surface area (TPSA) is 61.8 Å². The van der Waals surface area contributed by atoms with Gasteiger partial charge in [-0.15, -0.1) is 0 Å². The molecule has 1 atom stereocenters. The number of β-amino-alcohol motifs (C(OH)–C–C–N with tert-alkyl or cyclic N) is 1. The van der Waals surface area contributed by atoms with Gasteiger partial charge in [0.05, 0.1) is 25.4 Å². The highest BCUT2D eigenvalue weighted by molar-refractivity contribution is 5.96. The second kappa shape index (κ2) is 7.43. The van der Waals surface area contributed by atoms with Crippen LogP contribution in [-0.4, -0.2) is 48.8 Å². The standard InChI is InChI=1S/C16H24N2O3/c1-12-6-5-8-14(21-2)15(12)17-16(20)13-7-3-4-9-18(13)10-11-19/h5-6,8,13,19H,3-4,7,9-11H2,1-2H3,(H,17,20). The predicted octanol–water partition coefficient (Wildman–Crippen LogP) is 1.79. The number of rotatable bonds is 5. The number of likely N-dealkylation sites (tertiary alicyclic amines) is 1. The minimum Gasteiger partial charge on any atom is -0.495 e. The van der Waals surface area contributed by atoms with E-state index < -0.39 is 0 Å². The Balaban J connectivity index is 2.13. The summed E-state index contributed by atoms with van der Waals surface area (Å²) in [6, 6.07) is 5.53. The SMILES string of the molecule is COc1cccc(C)c1NC(=O)C1CCCCN1CCO. The summed E-state index contributed by atoms with van der Waals surface area (Å²) in [6.07, 6.45) is 2.96. The maximum absolute atomic E-state index is 12.6. The van der Waals surface area contributed by atoms with E-state index in [0.717, 1.165) is 37.1 Å². The molecule has 0 aromatic heterocycles. The summed E-state index contributed by atoms with van der Waals surface area (Å²) < 4.78 is 5.32. The Labute approximate surface area is 125 Å². The summed E-state index contributed by atoms with van der Waals surface area (Å²) in [6.45, 7) is 3.44. The lowest BCUT2D eigenvalue weighted by atomic mass is 10.0. The quantitative estimate of drug-likeness (QED) is 0.868. The fourth-order valence-corrected chi connectivity index (χ4v) is 2.86.